The van der Waals surface area contributed by atoms with Crippen molar-refractivity contribution in [3.63, 3.8) is 0 Å². The van der Waals surface area contributed by atoms with E-state index in [-0.39, 0.29) is 40.4 Å². The molecule has 0 amide bonds. The largest absolute Gasteiger partial charge is 0.465 e. The Kier molecular flexibility index (Phi) is 7.54. The Balaban J connectivity index is 1.84. The molecule has 8 heteroatoms. The highest BCUT2D eigenvalue weighted by atomic mass is 16.6. The molecule has 0 heterocycles. The maximum Gasteiger partial charge on any atom is 0.344 e. The zero-order chi connectivity index (χ0) is 23.8. The summed E-state index contributed by atoms with van der Waals surface area (Å²) in [6.07, 6.45) is 0. The summed E-state index contributed by atoms with van der Waals surface area (Å²) in [6.45, 7) is 1.82. The summed E-state index contributed by atoms with van der Waals surface area (Å²) in [5.74, 6) is -2.82. The van der Waals surface area contributed by atoms with E-state index in [1.807, 2.05) is 0 Å². The molecule has 0 bridgehead atoms. The molecular formula is C25H20O8. The van der Waals surface area contributed by atoms with Crippen LogP contribution in [0.4, 0.5) is 0 Å². The highest BCUT2D eigenvalue weighted by molar-refractivity contribution is 6.05. The molecule has 3 aromatic carbocycles. The number of carbonyl (C=O) groups excluding carboxylic acids is 4. The molecule has 0 aliphatic rings. The normalized spacial score (nSPS) is 10.1. The fourth-order valence-electron chi connectivity index (χ4n) is 2.89. The van der Waals surface area contributed by atoms with Crippen LogP contribution in [0.1, 0.15) is 48.4 Å². The molecule has 0 unspecified atom stereocenters. The maximum absolute atomic E-state index is 12.9. The number of carbonyl (C=O) groups is 4. The Morgan fingerprint density at radius 2 is 1.27 bits per heavy atom. The molecule has 8 nitrogen and oxygen atoms in total. The highest BCUT2D eigenvalue weighted by Gasteiger charge is 2.22. The van der Waals surface area contributed by atoms with Crippen LogP contribution in [-0.2, 0) is 9.47 Å². The van der Waals surface area contributed by atoms with Gasteiger partial charge < -0.3 is 18.9 Å². The van der Waals surface area contributed by atoms with Crippen LogP contribution < -0.4 is 9.47 Å². The van der Waals surface area contributed by atoms with Crippen molar-refractivity contribution in [2.75, 3.05) is 13.7 Å². The molecule has 0 radical (unpaired) electrons. The van der Waals surface area contributed by atoms with Gasteiger partial charge in [0.1, 0.15) is 17.1 Å². The molecule has 168 valence electrons. The van der Waals surface area contributed by atoms with Crippen molar-refractivity contribution in [1.82, 2.24) is 0 Å². The monoisotopic (exact) mass is 448 g/mol. The van der Waals surface area contributed by atoms with Crippen LogP contribution in [0.2, 0.25) is 0 Å². The smallest absolute Gasteiger partial charge is 0.344 e. The van der Waals surface area contributed by atoms with Gasteiger partial charge in [-0.15, -0.1) is 0 Å². The van der Waals surface area contributed by atoms with Crippen molar-refractivity contribution in [3.05, 3.63) is 95.1 Å². The van der Waals surface area contributed by atoms with Gasteiger partial charge in [-0.1, -0.05) is 30.3 Å². The Labute approximate surface area is 189 Å². The highest BCUT2D eigenvalue weighted by Crippen LogP contribution is 2.22. The molecule has 0 saturated heterocycles. The molecule has 0 aromatic heterocycles. The van der Waals surface area contributed by atoms with E-state index in [4.69, 9.17) is 14.2 Å². The van der Waals surface area contributed by atoms with Crippen molar-refractivity contribution >= 4 is 23.9 Å². The number of esters is 4. The summed E-state index contributed by atoms with van der Waals surface area (Å²) in [4.78, 5) is 49.5. The first-order valence-electron chi connectivity index (χ1n) is 9.92. The van der Waals surface area contributed by atoms with E-state index in [2.05, 4.69) is 4.74 Å². The van der Waals surface area contributed by atoms with Gasteiger partial charge in [-0.2, -0.15) is 0 Å². The van der Waals surface area contributed by atoms with E-state index < -0.39 is 23.9 Å². The average molecular weight is 448 g/mol. The van der Waals surface area contributed by atoms with Crippen LogP contribution in [-0.4, -0.2) is 37.6 Å². The third-order valence-corrected chi connectivity index (χ3v) is 4.42. The lowest BCUT2D eigenvalue weighted by atomic mass is 10.1. The average Bonchev–Trinajstić information content (AvgIpc) is 2.84. The van der Waals surface area contributed by atoms with E-state index in [9.17, 15) is 19.2 Å². The molecule has 0 fully saturated rings. The minimum absolute atomic E-state index is 0.00472. The molecule has 3 aromatic rings. The van der Waals surface area contributed by atoms with Gasteiger partial charge in [0.15, 0.2) is 0 Å². The molecule has 0 atom stereocenters. The fourth-order valence-corrected chi connectivity index (χ4v) is 2.89. The second kappa shape index (κ2) is 10.7. The number of hydrogen-bond donors (Lipinski definition) is 0. The van der Waals surface area contributed by atoms with Crippen LogP contribution >= 0.6 is 0 Å². The summed E-state index contributed by atoms with van der Waals surface area (Å²) >= 11 is 0. The first kappa shape index (κ1) is 23.2. The number of hydrogen-bond acceptors (Lipinski definition) is 8. The van der Waals surface area contributed by atoms with Gasteiger partial charge >= 0.3 is 23.9 Å². The van der Waals surface area contributed by atoms with E-state index in [0.717, 1.165) is 0 Å². The van der Waals surface area contributed by atoms with Gasteiger partial charge in [0, 0.05) is 0 Å². The molecule has 0 spiro atoms. The van der Waals surface area contributed by atoms with Crippen LogP contribution in [0, 0.1) is 0 Å². The molecule has 0 N–H and O–H groups in total. The molecule has 0 aliphatic heterocycles. The third-order valence-electron chi connectivity index (χ3n) is 4.42. The van der Waals surface area contributed by atoms with Crippen LogP contribution in [0.25, 0.3) is 0 Å². The van der Waals surface area contributed by atoms with E-state index in [1.54, 1.807) is 31.2 Å². The minimum Gasteiger partial charge on any atom is -0.465 e. The molecule has 3 rings (SSSR count). The predicted molar refractivity (Wildman–Crippen MR) is 117 cm³/mol. The van der Waals surface area contributed by atoms with Crippen LogP contribution in [0.5, 0.6) is 11.5 Å². The number of para-hydroxylation sites is 1. The minimum atomic E-state index is -0.859. The van der Waals surface area contributed by atoms with Gasteiger partial charge in [-0.25, -0.2) is 19.2 Å². The third kappa shape index (κ3) is 5.62. The molecule has 33 heavy (non-hydrogen) atoms. The lowest BCUT2D eigenvalue weighted by molar-refractivity contribution is 0.0518. The van der Waals surface area contributed by atoms with E-state index in [0.29, 0.717) is 0 Å². The van der Waals surface area contributed by atoms with Crippen molar-refractivity contribution < 1.29 is 38.1 Å². The van der Waals surface area contributed by atoms with Gasteiger partial charge in [0.05, 0.1) is 30.4 Å². The van der Waals surface area contributed by atoms with Crippen LogP contribution in [0.15, 0.2) is 72.8 Å². The fraction of sp³-hybridized carbons (Fsp3) is 0.120. The first-order valence-corrected chi connectivity index (χ1v) is 9.92. The Bertz CT molecular complexity index is 1200. The summed E-state index contributed by atoms with van der Waals surface area (Å²) in [6, 6.07) is 17.9. The number of methoxy groups -OCH3 is 1. The summed E-state index contributed by atoms with van der Waals surface area (Å²) in [7, 11) is 1.24. The number of rotatable bonds is 7. The molecular weight excluding hydrogens is 428 g/mol. The topological polar surface area (TPSA) is 105 Å². The van der Waals surface area contributed by atoms with Crippen molar-refractivity contribution in [2.45, 2.75) is 6.92 Å². The van der Waals surface area contributed by atoms with E-state index >= 15 is 0 Å². The van der Waals surface area contributed by atoms with Gasteiger partial charge in [0.2, 0.25) is 0 Å². The zero-order valence-corrected chi connectivity index (χ0v) is 17.9. The Hall–Kier alpha value is -4.46. The van der Waals surface area contributed by atoms with Crippen molar-refractivity contribution in [1.29, 1.82) is 0 Å². The molecule has 0 aliphatic carbocycles. The predicted octanol–water partition coefficient (Wildman–Crippen LogP) is 4.09. The zero-order valence-electron chi connectivity index (χ0n) is 17.9. The van der Waals surface area contributed by atoms with Gasteiger partial charge in [-0.3, -0.25) is 0 Å². The standard InChI is InChI=1S/C25H20O8/c1-3-31-23(27)20-13-6-7-14-21(20)33-25(29)19-12-5-4-11-18(19)24(28)32-17-10-8-9-16(15-17)22(26)30-2/h4-15H,3H2,1-2H3. The van der Waals surface area contributed by atoms with Crippen molar-refractivity contribution in [2.24, 2.45) is 0 Å². The maximum atomic E-state index is 12.9. The summed E-state index contributed by atoms with van der Waals surface area (Å²) < 4.78 is 20.4. The van der Waals surface area contributed by atoms with Gasteiger partial charge in [-0.05, 0) is 49.4 Å². The second-order valence-corrected chi connectivity index (χ2v) is 6.56. The van der Waals surface area contributed by atoms with Gasteiger partial charge in [0.25, 0.3) is 0 Å². The second-order valence-electron chi connectivity index (χ2n) is 6.56. The SMILES string of the molecule is CCOC(=O)c1ccccc1OC(=O)c1ccccc1C(=O)Oc1cccc(C(=O)OC)c1. The lowest BCUT2D eigenvalue weighted by Crippen LogP contribution is -2.18. The summed E-state index contributed by atoms with van der Waals surface area (Å²) in [5, 5.41) is 0. The first-order chi connectivity index (χ1) is 15.9. The van der Waals surface area contributed by atoms with Crippen LogP contribution in [0.3, 0.4) is 0 Å². The summed E-state index contributed by atoms with van der Waals surface area (Å²) in [5.41, 5.74) is 0.156. The van der Waals surface area contributed by atoms with E-state index in [1.165, 1.54) is 55.6 Å². The number of benzene rings is 3. The quantitative estimate of drug-likeness (QED) is 0.393. The Morgan fingerprint density at radius 1 is 0.667 bits per heavy atom. The molecule has 0 saturated carbocycles. The Morgan fingerprint density at radius 3 is 1.91 bits per heavy atom. The number of ether oxygens (including phenoxy) is 4. The van der Waals surface area contributed by atoms with Crippen molar-refractivity contribution in [3.8, 4) is 11.5 Å². The lowest BCUT2D eigenvalue weighted by Gasteiger charge is -2.12.